The zero-order valence-electron chi connectivity index (χ0n) is 10.9. The Kier molecular flexibility index (Phi) is 4.96. The van der Waals surface area contributed by atoms with E-state index in [9.17, 15) is 9.50 Å². The van der Waals surface area contributed by atoms with Gasteiger partial charge in [0.1, 0.15) is 6.10 Å². The minimum atomic E-state index is -0.981. The number of benzene rings is 1. The van der Waals surface area contributed by atoms with Gasteiger partial charge in [0.15, 0.2) is 5.82 Å². The van der Waals surface area contributed by atoms with Crippen LogP contribution >= 0.6 is 23.2 Å². The number of aryl methyl sites for hydroxylation is 1. The molecule has 0 saturated carbocycles. The maximum atomic E-state index is 13.6. The molecular formula is C13H14Cl2FN3O. The fourth-order valence-electron chi connectivity index (χ4n) is 1.85. The second-order valence-corrected chi connectivity index (χ2v) is 5.25. The van der Waals surface area contributed by atoms with Gasteiger partial charge in [-0.1, -0.05) is 36.2 Å². The van der Waals surface area contributed by atoms with Gasteiger partial charge in [-0.15, -0.1) is 0 Å². The molecule has 1 atom stereocenters. The monoisotopic (exact) mass is 317 g/mol. The van der Waals surface area contributed by atoms with Crippen molar-refractivity contribution < 1.29 is 9.50 Å². The van der Waals surface area contributed by atoms with Gasteiger partial charge in [-0.2, -0.15) is 14.5 Å². The van der Waals surface area contributed by atoms with Gasteiger partial charge >= 0.3 is 6.08 Å². The lowest BCUT2D eigenvalue weighted by atomic mass is 10.1. The number of aliphatic hydroxyl groups is 1. The Morgan fingerprint density at radius 3 is 2.80 bits per heavy atom. The first kappa shape index (κ1) is 15.2. The lowest BCUT2D eigenvalue weighted by molar-refractivity contribution is 0.144. The first-order valence-corrected chi connectivity index (χ1v) is 6.99. The number of hydrogen-bond donors (Lipinski definition) is 1. The maximum Gasteiger partial charge on any atom is 0.307 e. The van der Waals surface area contributed by atoms with E-state index in [0.717, 1.165) is 11.1 Å². The summed E-state index contributed by atoms with van der Waals surface area (Å²) in [7, 11) is 0. The molecule has 1 aromatic carbocycles. The molecule has 0 bridgehead atoms. The van der Waals surface area contributed by atoms with Crippen molar-refractivity contribution in [3.05, 3.63) is 45.7 Å². The highest BCUT2D eigenvalue weighted by Crippen LogP contribution is 2.27. The van der Waals surface area contributed by atoms with E-state index in [1.807, 2.05) is 6.92 Å². The minimum absolute atomic E-state index is 0.0517. The predicted octanol–water partition coefficient (Wildman–Crippen LogP) is 3.41. The van der Waals surface area contributed by atoms with E-state index in [4.69, 9.17) is 23.2 Å². The van der Waals surface area contributed by atoms with Crippen LogP contribution in [0.2, 0.25) is 10.0 Å². The van der Waals surface area contributed by atoms with Crippen LogP contribution in [0.3, 0.4) is 0 Å². The largest absolute Gasteiger partial charge is 0.386 e. The standard InChI is InChI=1S/C13H14Cl2FN3O/c1-2-3-12-17-13(16)19(18-12)7-11(20)9-5-4-8(14)6-10(9)15/h4-6,11,20H,2-3,7H2,1H3. The smallest absolute Gasteiger partial charge is 0.307 e. The molecule has 108 valence electrons. The first-order valence-electron chi connectivity index (χ1n) is 6.23. The molecule has 0 radical (unpaired) electrons. The third-order valence-corrected chi connectivity index (χ3v) is 3.37. The molecule has 1 aromatic heterocycles. The molecule has 7 heteroatoms. The van der Waals surface area contributed by atoms with Crippen LogP contribution in [0.5, 0.6) is 0 Å². The topological polar surface area (TPSA) is 50.9 Å². The molecule has 2 aromatic rings. The molecule has 1 heterocycles. The Balaban J connectivity index is 2.16. The van der Waals surface area contributed by atoms with Crippen LogP contribution in [0.1, 0.15) is 30.8 Å². The molecular weight excluding hydrogens is 304 g/mol. The van der Waals surface area contributed by atoms with Crippen LogP contribution in [0.15, 0.2) is 18.2 Å². The number of halogens is 3. The van der Waals surface area contributed by atoms with E-state index in [-0.39, 0.29) is 6.54 Å². The molecule has 4 nitrogen and oxygen atoms in total. The Morgan fingerprint density at radius 2 is 2.15 bits per heavy atom. The van der Waals surface area contributed by atoms with Gasteiger partial charge in [0, 0.05) is 22.0 Å². The second-order valence-electron chi connectivity index (χ2n) is 4.41. The summed E-state index contributed by atoms with van der Waals surface area (Å²) in [6.45, 7) is 1.91. The van der Waals surface area contributed by atoms with Gasteiger partial charge < -0.3 is 5.11 Å². The van der Waals surface area contributed by atoms with Gasteiger partial charge in [-0.3, -0.25) is 0 Å². The molecule has 2 rings (SSSR count). The molecule has 0 aliphatic carbocycles. The van der Waals surface area contributed by atoms with E-state index in [2.05, 4.69) is 10.1 Å². The summed E-state index contributed by atoms with van der Waals surface area (Å²) < 4.78 is 14.6. The summed E-state index contributed by atoms with van der Waals surface area (Å²) >= 11 is 11.8. The van der Waals surface area contributed by atoms with Crippen molar-refractivity contribution in [2.45, 2.75) is 32.4 Å². The lowest BCUT2D eigenvalue weighted by Gasteiger charge is -2.12. The zero-order chi connectivity index (χ0) is 14.7. The van der Waals surface area contributed by atoms with Crippen LogP contribution in [0, 0.1) is 6.08 Å². The van der Waals surface area contributed by atoms with Crippen molar-refractivity contribution >= 4 is 23.2 Å². The zero-order valence-corrected chi connectivity index (χ0v) is 12.4. The normalized spacial score (nSPS) is 12.7. The highest BCUT2D eigenvalue weighted by molar-refractivity contribution is 6.35. The van der Waals surface area contributed by atoms with Crippen molar-refractivity contribution in [1.82, 2.24) is 14.8 Å². The van der Waals surface area contributed by atoms with E-state index < -0.39 is 12.2 Å². The van der Waals surface area contributed by atoms with Crippen molar-refractivity contribution in [2.75, 3.05) is 0 Å². The fourth-order valence-corrected chi connectivity index (χ4v) is 2.38. The average molecular weight is 318 g/mol. The number of rotatable bonds is 5. The first-order chi connectivity index (χ1) is 9.51. The maximum absolute atomic E-state index is 13.6. The second kappa shape index (κ2) is 6.52. The van der Waals surface area contributed by atoms with Crippen molar-refractivity contribution in [2.24, 2.45) is 0 Å². The Labute approximate surface area is 126 Å². The molecule has 0 spiro atoms. The number of nitrogens with zero attached hydrogens (tertiary/aromatic N) is 3. The summed E-state index contributed by atoms with van der Waals surface area (Å²) in [4.78, 5) is 3.70. The Morgan fingerprint density at radius 1 is 1.40 bits per heavy atom. The average Bonchev–Trinajstić information content (AvgIpc) is 2.70. The van der Waals surface area contributed by atoms with Gasteiger partial charge in [0.2, 0.25) is 0 Å². The lowest BCUT2D eigenvalue weighted by Crippen LogP contribution is -2.12. The van der Waals surface area contributed by atoms with Gasteiger partial charge in [-0.25, -0.2) is 4.68 Å². The summed E-state index contributed by atoms with van der Waals surface area (Å²) in [6, 6.07) is 4.76. The number of aliphatic hydroxyl groups excluding tert-OH is 1. The van der Waals surface area contributed by atoms with Crippen molar-refractivity contribution in [3.8, 4) is 0 Å². The molecule has 1 N–H and O–H groups in total. The van der Waals surface area contributed by atoms with Crippen LogP contribution in [-0.2, 0) is 13.0 Å². The van der Waals surface area contributed by atoms with Crippen LogP contribution in [0.25, 0.3) is 0 Å². The van der Waals surface area contributed by atoms with E-state index in [1.54, 1.807) is 12.1 Å². The molecule has 0 fully saturated rings. The molecule has 0 saturated heterocycles. The van der Waals surface area contributed by atoms with Gasteiger partial charge in [-0.05, 0) is 18.6 Å². The van der Waals surface area contributed by atoms with E-state index >= 15 is 0 Å². The van der Waals surface area contributed by atoms with Crippen LogP contribution in [-0.4, -0.2) is 19.9 Å². The SMILES string of the molecule is CCCc1nc(F)n(CC(O)c2ccc(Cl)cc2Cl)n1. The highest BCUT2D eigenvalue weighted by atomic mass is 35.5. The quantitative estimate of drug-likeness (QED) is 0.919. The van der Waals surface area contributed by atoms with E-state index in [0.29, 0.717) is 27.9 Å². The Bertz CT molecular complexity index is 603. The molecule has 20 heavy (non-hydrogen) atoms. The summed E-state index contributed by atoms with van der Waals surface area (Å²) in [5.74, 6) is 0.430. The van der Waals surface area contributed by atoms with Crippen LogP contribution < -0.4 is 0 Å². The summed E-state index contributed by atoms with van der Waals surface area (Å²) in [5.41, 5.74) is 0.475. The van der Waals surface area contributed by atoms with Gasteiger partial charge in [0.25, 0.3) is 0 Å². The fraction of sp³-hybridized carbons (Fsp3) is 0.385. The number of hydrogen-bond acceptors (Lipinski definition) is 3. The molecule has 1 unspecified atom stereocenters. The molecule has 0 aliphatic rings. The highest BCUT2D eigenvalue weighted by Gasteiger charge is 2.17. The van der Waals surface area contributed by atoms with E-state index in [1.165, 1.54) is 6.07 Å². The third-order valence-electron chi connectivity index (χ3n) is 2.81. The van der Waals surface area contributed by atoms with Gasteiger partial charge in [0.05, 0.1) is 6.54 Å². The molecule has 0 aliphatic heterocycles. The van der Waals surface area contributed by atoms with Crippen molar-refractivity contribution in [3.63, 3.8) is 0 Å². The summed E-state index contributed by atoms with van der Waals surface area (Å²) in [5, 5.41) is 14.9. The summed E-state index contributed by atoms with van der Waals surface area (Å²) in [6.07, 6.45) is -0.264. The third kappa shape index (κ3) is 3.48. The Hall–Kier alpha value is -1.17. The predicted molar refractivity (Wildman–Crippen MR) is 75.4 cm³/mol. The van der Waals surface area contributed by atoms with Crippen molar-refractivity contribution in [1.29, 1.82) is 0 Å². The minimum Gasteiger partial charge on any atom is -0.386 e. The number of aromatic nitrogens is 3. The molecule has 0 amide bonds. The van der Waals surface area contributed by atoms with Crippen LogP contribution in [0.4, 0.5) is 4.39 Å².